The molecule has 2 aromatic carbocycles. The van der Waals surface area contributed by atoms with E-state index in [4.69, 9.17) is 0 Å². The number of amides is 3. The van der Waals surface area contributed by atoms with Crippen LogP contribution in [0.1, 0.15) is 49.2 Å². The molecule has 33 heavy (non-hydrogen) atoms. The number of nitrogens with one attached hydrogen (secondary N) is 1. The number of sulfonamides is 1. The fourth-order valence-corrected chi connectivity index (χ4v) is 5.15. The van der Waals surface area contributed by atoms with Crippen molar-refractivity contribution in [3.63, 3.8) is 0 Å². The van der Waals surface area contributed by atoms with Gasteiger partial charge in [0.2, 0.25) is 11.8 Å². The molecule has 3 rings (SSSR count). The smallest absolute Gasteiger partial charge is 0.269 e. The molecule has 1 aliphatic heterocycles. The molecule has 0 aliphatic carbocycles. The van der Waals surface area contributed by atoms with E-state index < -0.39 is 40.0 Å². The van der Waals surface area contributed by atoms with Gasteiger partial charge in [0.1, 0.15) is 17.5 Å². The average molecular weight is 472 g/mol. The summed E-state index contributed by atoms with van der Waals surface area (Å²) >= 11 is 0. The Bertz CT molecular complexity index is 1200. The summed E-state index contributed by atoms with van der Waals surface area (Å²) in [6.45, 7) is 8.39. The highest BCUT2D eigenvalue weighted by molar-refractivity contribution is 7.90. The van der Waals surface area contributed by atoms with E-state index in [0.717, 1.165) is 11.1 Å². The number of aryl methyl sites for hydroxylation is 1. The average Bonchev–Trinajstić information content (AvgIpc) is 2.92. The number of carbonyl (C=O) groups excluding carboxylic acids is 3. The Labute approximate surface area is 194 Å². The second kappa shape index (κ2) is 8.97. The van der Waals surface area contributed by atoms with Crippen molar-refractivity contribution in [3.8, 4) is 0 Å². The number of nitrogens with zero attached hydrogens (tertiary/aromatic N) is 2. The van der Waals surface area contributed by atoms with Gasteiger partial charge in [0.15, 0.2) is 0 Å². The Morgan fingerprint density at radius 1 is 1.06 bits per heavy atom. The fraction of sp³-hybridized carbons (Fsp3) is 0.375. The quantitative estimate of drug-likeness (QED) is 0.697. The lowest BCUT2D eigenvalue weighted by Gasteiger charge is -2.32. The van der Waals surface area contributed by atoms with E-state index in [9.17, 15) is 22.8 Å². The maximum absolute atomic E-state index is 13.4. The zero-order chi connectivity index (χ0) is 24.6. The zero-order valence-corrected chi connectivity index (χ0v) is 20.3. The van der Waals surface area contributed by atoms with Gasteiger partial charge in [-0.25, -0.2) is 12.7 Å². The highest BCUT2D eigenvalue weighted by Crippen LogP contribution is 2.30. The maximum atomic E-state index is 13.4. The minimum Gasteiger partial charge on any atom is -0.350 e. The molecule has 176 valence electrons. The number of carbonyl (C=O) groups is 3. The molecule has 1 atom stereocenters. The molecule has 0 bridgehead atoms. The number of benzene rings is 2. The van der Waals surface area contributed by atoms with Crippen LogP contribution in [0.5, 0.6) is 0 Å². The van der Waals surface area contributed by atoms with Gasteiger partial charge in [-0.3, -0.25) is 14.4 Å². The van der Waals surface area contributed by atoms with Crippen LogP contribution in [0.2, 0.25) is 0 Å². The van der Waals surface area contributed by atoms with Crippen LogP contribution in [0.25, 0.3) is 0 Å². The molecule has 1 unspecified atom stereocenters. The summed E-state index contributed by atoms with van der Waals surface area (Å²) in [6, 6.07) is 12.4. The minimum absolute atomic E-state index is 0.0364. The summed E-state index contributed by atoms with van der Waals surface area (Å²) in [5, 5.41) is 2.86. The van der Waals surface area contributed by atoms with Gasteiger partial charge in [-0.2, -0.15) is 0 Å². The highest BCUT2D eigenvalue weighted by Gasteiger charge is 2.43. The summed E-state index contributed by atoms with van der Waals surface area (Å²) in [5.41, 5.74) is 1.27. The number of rotatable bonds is 6. The first kappa shape index (κ1) is 24.4. The molecule has 0 spiro atoms. The van der Waals surface area contributed by atoms with Gasteiger partial charge in [-0.1, -0.05) is 36.4 Å². The largest absolute Gasteiger partial charge is 0.350 e. The predicted molar refractivity (Wildman–Crippen MR) is 124 cm³/mol. The summed E-state index contributed by atoms with van der Waals surface area (Å²) in [6.07, 6.45) is 0. The van der Waals surface area contributed by atoms with Crippen molar-refractivity contribution in [1.29, 1.82) is 0 Å². The van der Waals surface area contributed by atoms with Crippen molar-refractivity contribution in [1.82, 2.24) is 14.5 Å². The van der Waals surface area contributed by atoms with E-state index in [1.807, 2.05) is 52.0 Å². The van der Waals surface area contributed by atoms with E-state index in [1.54, 1.807) is 13.0 Å². The lowest BCUT2D eigenvalue weighted by atomic mass is 10.1. The monoisotopic (exact) mass is 471 g/mol. The van der Waals surface area contributed by atoms with Crippen LogP contribution in [0, 0.1) is 6.92 Å². The van der Waals surface area contributed by atoms with Crippen molar-refractivity contribution in [2.75, 3.05) is 6.54 Å². The van der Waals surface area contributed by atoms with E-state index in [0.29, 0.717) is 4.31 Å². The second-order valence-electron chi connectivity index (χ2n) is 9.18. The first-order valence-electron chi connectivity index (χ1n) is 10.6. The van der Waals surface area contributed by atoms with Crippen LogP contribution in [-0.2, 0) is 26.2 Å². The third-order valence-electron chi connectivity index (χ3n) is 5.46. The molecular weight excluding hydrogens is 442 g/mol. The van der Waals surface area contributed by atoms with Gasteiger partial charge in [0.25, 0.3) is 15.9 Å². The molecule has 8 nitrogen and oxygen atoms in total. The predicted octanol–water partition coefficient (Wildman–Crippen LogP) is 2.47. The van der Waals surface area contributed by atoms with Crippen LogP contribution in [-0.4, -0.2) is 53.5 Å². The molecule has 0 aromatic heterocycles. The third kappa shape index (κ3) is 5.08. The summed E-state index contributed by atoms with van der Waals surface area (Å²) < 4.78 is 26.4. The molecule has 9 heteroatoms. The van der Waals surface area contributed by atoms with Crippen molar-refractivity contribution in [2.45, 2.75) is 57.6 Å². The Balaban J connectivity index is 1.92. The SMILES string of the molecule is Cc1ccccc1CN(C(=O)CN1C(=O)c2ccccc2S1(=O)=O)C(C)C(=O)NC(C)(C)C. The van der Waals surface area contributed by atoms with Crippen LogP contribution in [0.4, 0.5) is 0 Å². The van der Waals surface area contributed by atoms with Gasteiger partial charge in [0.05, 0.1) is 5.56 Å². The Hall–Kier alpha value is -3.20. The Kier molecular flexibility index (Phi) is 6.65. The first-order chi connectivity index (χ1) is 15.3. The lowest BCUT2D eigenvalue weighted by molar-refractivity contribution is -0.141. The van der Waals surface area contributed by atoms with Crippen molar-refractivity contribution in [3.05, 3.63) is 65.2 Å². The fourth-order valence-electron chi connectivity index (χ4n) is 3.63. The minimum atomic E-state index is -4.14. The van der Waals surface area contributed by atoms with Crippen molar-refractivity contribution >= 4 is 27.7 Å². The summed E-state index contributed by atoms with van der Waals surface area (Å²) in [5.74, 6) is -1.76. The van der Waals surface area contributed by atoms with Gasteiger partial charge >= 0.3 is 0 Å². The van der Waals surface area contributed by atoms with Crippen LogP contribution in [0.3, 0.4) is 0 Å². The van der Waals surface area contributed by atoms with E-state index in [2.05, 4.69) is 5.32 Å². The molecule has 1 heterocycles. The number of hydrogen-bond donors (Lipinski definition) is 1. The first-order valence-corrected chi connectivity index (χ1v) is 12.1. The highest BCUT2D eigenvalue weighted by atomic mass is 32.2. The van der Waals surface area contributed by atoms with E-state index >= 15 is 0 Å². The molecule has 1 aliphatic rings. The van der Waals surface area contributed by atoms with Crippen molar-refractivity contribution in [2.24, 2.45) is 0 Å². The van der Waals surface area contributed by atoms with Crippen molar-refractivity contribution < 1.29 is 22.8 Å². The van der Waals surface area contributed by atoms with Gasteiger partial charge in [-0.15, -0.1) is 0 Å². The van der Waals surface area contributed by atoms with Crippen LogP contribution >= 0.6 is 0 Å². The molecule has 0 radical (unpaired) electrons. The molecule has 0 fully saturated rings. The molecule has 2 aromatic rings. The summed E-state index contributed by atoms with van der Waals surface area (Å²) in [7, 11) is -4.14. The Morgan fingerprint density at radius 3 is 2.27 bits per heavy atom. The number of fused-ring (bicyclic) bond motifs is 1. The molecule has 0 saturated heterocycles. The maximum Gasteiger partial charge on any atom is 0.269 e. The molecular formula is C24H29N3O5S. The lowest BCUT2D eigenvalue weighted by Crippen LogP contribution is -2.54. The summed E-state index contributed by atoms with van der Waals surface area (Å²) in [4.78, 5) is 40.2. The third-order valence-corrected chi connectivity index (χ3v) is 7.25. The Morgan fingerprint density at radius 2 is 1.67 bits per heavy atom. The topological polar surface area (TPSA) is 104 Å². The van der Waals surface area contributed by atoms with Crippen LogP contribution < -0.4 is 5.32 Å². The van der Waals surface area contributed by atoms with Gasteiger partial charge in [0, 0.05) is 12.1 Å². The molecule has 1 N–H and O–H groups in total. The van der Waals surface area contributed by atoms with E-state index in [-0.39, 0.29) is 22.9 Å². The second-order valence-corrected chi connectivity index (χ2v) is 11.0. The normalized spacial score (nSPS) is 15.7. The number of hydrogen-bond acceptors (Lipinski definition) is 5. The van der Waals surface area contributed by atoms with E-state index in [1.165, 1.54) is 23.1 Å². The zero-order valence-electron chi connectivity index (χ0n) is 19.5. The standard InChI is InChI=1S/C24H29N3O5S/c1-16-10-6-7-11-18(16)14-26(17(2)22(29)25-24(3,4)5)21(28)15-27-23(30)19-12-8-9-13-20(19)33(27,31)32/h6-13,17H,14-15H2,1-5H3,(H,25,29). The van der Waals surface area contributed by atoms with Crippen LogP contribution in [0.15, 0.2) is 53.4 Å². The molecule has 3 amide bonds. The van der Waals surface area contributed by atoms with Gasteiger partial charge in [-0.05, 0) is 57.9 Å². The van der Waals surface area contributed by atoms with Gasteiger partial charge < -0.3 is 10.2 Å². The molecule has 0 saturated carbocycles.